The van der Waals surface area contributed by atoms with E-state index in [0.717, 1.165) is 16.7 Å². The Morgan fingerprint density at radius 2 is 1.78 bits per heavy atom. The molecule has 0 saturated heterocycles. The highest BCUT2D eigenvalue weighted by atomic mass is 35.5. The van der Waals surface area contributed by atoms with Crippen molar-refractivity contribution in [3.05, 3.63) is 84.4 Å². The molecule has 0 atom stereocenters. The number of benzene rings is 2. The summed E-state index contributed by atoms with van der Waals surface area (Å²) < 4.78 is 21.4. The number of nitrogens with two attached hydrogens (primary N) is 1. The third kappa shape index (κ3) is 3.86. The van der Waals surface area contributed by atoms with Gasteiger partial charge >= 0.3 is 0 Å². The van der Waals surface area contributed by atoms with Crippen molar-refractivity contribution in [2.24, 2.45) is 5.73 Å². The standard InChI is InChI=1S/C22H16FN7O.ClH/c23-17-6-1-2-7-18(17)30-20(15-8-10-25-11-9-15)19(27-29-30)22-26-21(28-31-22)16-5-3-4-14(12-16)13-24;/h1-12H,13,24H2;1H. The molecule has 0 bridgehead atoms. The number of hydrogen-bond acceptors (Lipinski definition) is 7. The SMILES string of the molecule is Cl.NCc1cccc(-c2noc(-c3nnn(-c4ccccc4F)c3-c3ccncc3)n2)c1. The van der Waals surface area contributed by atoms with Gasteiger partial charge in [-0.05, 0) is 35.9 Å². The highest BCUT2D eigenvalue weighted by molar-refractivity contribution is 5.85. The third-order valence-electron chi connectivity index (χ3n) is 4.75. The van der Waals surface area contributed by atoms with Crippen LogP contribution >= 0.6 is 12.4 Å². The van der Waals surface area contributed by atoms with Crippen LogP contribution in [-0.4, -0.2) is 30.1 Å². The van der Waals surface area contributed by atoms with Crippen molar-refractivity contribution >= 4 is 12.4 Å². The van der Waals surface area contributed by atoms with Crippen molar-refractivity contribution < 1.29 is 8.91 Å². The van der Waals surface area contributed by atoms with Crippen LogP contribution in [0.1, 0.15) is 5.56 Å². The first-order valence-corrected chi connectivity index (χ1v) is 9.49. The predicted molar refractivity (Wildman–Crippen MR) is 118 cm³/mol. The smallest absolute Gasteiger partial charge is 0.281 e. The lowest BCUT2D eigenvalue weighted by atomic mass is 10.1. The summed E-state index contributed by atoms with van der Waals surface area (Å²) in [6, 6.07) is 17.5. The summed E-state index contributed by atoms with van der Waals surface area (Å²) in [5, 5.41) is 12.5. The molecule has 8 nitrogen and oxygen atoms in total. The Kier molecular flexibility index (Phi) is 6.02. The Morgan fingerprint density at radius 3 is 2.56 bits per heavy atom. The molecule has 5 aromatic rings. The summed E-state index contributed by atoms with van der Waals surface area (Å²) in [4.78, 5) is 8.55. The zero-order valence-electron chi connectivity index (χ0n) is 16.6. The van der Waals surface area contributed by atoms with E-state index in [2.05, 4.69) is 25.4 Å². The van der Waals surface area contributed by atoms with Gasteiger partial charge in [0.15, 0.2) is 5.69 Å². The zero-order chi connectivity index (χ0) is 21.2. The molecule has 10 heteroatoms. The van der Waals surface area contributed by atoms with Crippen LogP contribution in [0, 0.1) is 5.82 Å². The summed E-state index contributed by atoms with van der Waals surface area (Å²) in [6.07, 6.45) is 3.27. The van der Waals surface area contributed by atoms with Crippen molar-refractivity contribution in [2.45, 2.75) is 6.54 Å². The van der Waals surface area contributed by atoms with E-state index in [0.29, 0.717) is 23.8 Å². The van der Waals surface area contributed by atoms with Gasteiger partial charge in [-0.1, -0.05) is 40.7 Å². The molecule has 2 aromatic carbocycles. The van der Waals surface area contributed by atoms with E-state index in [4.69, 9.17) is 10.3 Å². The number of para-hydroxylation sites is 1. The van der Waals surface area contributed by atoms with Crippen LogP contribution in [0.15, 0.2) is 77.6 Å². The maximum atomic E-state index is 14.5. The molecule has 32 heavy (non-hydrogen) atoms. The van der Waals surface area contributed by atoms with Gasteiger partial charge in [0.25, 0.3) is 5.89 Å². The van der Waals surface area contributed by atoms with Gasteiger partial charge in [0.2, 0.25) is 5.82 Å². The quantitative estimate of drug-likeness (QED) is 0.430. The lowest BCUT2D eigenvalue weighted by molar-refractivity contribution is 0.431. The number of halogens is 2. The molecule has 0 radical (unpaired) electrons. The van der Waals surface area contributed by atoms with Crippen molar-refractivity contribution in [1.82, 2.24) is 30.1 Å². The Hall–Kier alpha value is -3.95. The summed E-state index contributed by atoms with van der Waals surface area (Å²) in [7, 11) is 0. The molecule has 0 fully saturated rings. The Balaban J connectivity index is 0.00000245. The van der Waals surface area contributed by atoms with Crippen molar-refractivity contribution in [3.63, 3.8) is 0 Å². The summed E-state index contributed by atoms with van der Waals surface area (Å²) in [5.41, 5.74) is 9.27. The van der Waals surface area contributed by atoms with Crippen molar-refractivity contribution in [2.75, 3.05) is 0 Å². The largest absolute Gasteiger partial charge is 0.332 e. The van der Waals surface area contributed by atoms with Crippen LogP contribution in [0.2, 0.25) is 0 Å². The predicted octanol–water partition coefficient (Wildman–Crippen LogP) is 4.07. The third-order valence-corrected chi connectivity index (χ3v) is 4.75. The first kappa shape index (κ1) is 21.3. The minimum Gasteiger partial charge on any atom is -0.332 e. The molecule has 160 valence electrons. The van der Waals surface area contributed by atoms with Gasteiger partial charge in [0.1, 0.15) is 17.2 Å². The van der Waals surface area contributed by atoms with Crippen LogP contribution in [0.3, 0.4) is 0 Å². The summed E-state index contributed by atoms with van der Waals surface area (Å²) >= 11 is 0. The van der Waals surface area contributed by atoms with Gasteiger partial charge in [0.05, 0.1) is 0 Å². The van der Waals surface area contributed by atoms with Gasteiger partial charge in [-0.25, -0.2) is 9.07 Å². The van der Waals surface area contributed by atoms with E-state index in [9.17, 15) is 4.39 Å². The summed E-state index contributed by atoms with van der Waals surface area (Å²) in [5.74, 6) is 0.132. The molecule has 5 rings (SSSR count). The van der Waals surface area contributed by atoms with Crippen LogP contribution in [-0.2, 0) is 6.54 Å². The molecule has 3 heterocycles. The topological polar surface area (TPSA) is 109 Å². The van der Waals surface area contributed by atoms with Crippen LogP contribution in [0.5, 0.6) is 0 Å². The number of nitrogens with zero attached hydrogens (tertiary/aromatic N) is 6. The minimum absolute atomic E-state index is 0. The lowest BCUT2D eigenvalue weighted by Crippen LogP contribution is -2.02. The Bertz CT molecular complexity index is 1350. The molecule has 3 aromatic heterocycles. The van der Waals surface area contributed by atoms with E-state index in [1.54, 1.807) is 42.7 Å². The monoisotopic (exact) mass is 449 g/mol. The summed E-state index contributed by atoms with van der Waals surface area (Å²) in [6.45, 7) is 0.404. The normalized spacial score (nSPS) is 10.7. The van der Waals surface area contributed by atoms with E-state index in [-0.39, 0.29) is 24.0 Å². The first-order valence-electron chi connectivity index (χ1n) is 9.49. The van der Waals surface area contributed by atoms with Gasteiger partial charge in [0, 0.05) is 30.1 Å². The molecule has 0 amide bonds. The molecular formula is C22H17ClFN7O. The van der Waals surface area contributed by atoms with E-state index >= 15 is 0 Å². The number of hydrogen-bond donors (Lipinski definition) is 1. The Labute approximate surface area is 188 Å². The van der Waals surface area contributed by atoms with E-state index in [1.807, 2.05) is 24.3 Å². The fourth-order valence-electron chi connectivity index (χ4n) is 3.26. The van der Waals surface area contributed by atoms with Gasteiger partial charge in [-0.15, -0.1) is 17.5 Å². The first-order chi connectivity index (χ1) is 15.2. The minimum atomic E-state index is -0.431. The maximum Gasteiger partial charge on any atom is 0.281 e. The number of aromatic nitrogens is 6. The second-order valence-corrected chi connectivity index (χ2v) is 6.71. The van der Waals surface area contributed by atoms with E-state index in [1.165, 1.54) is 10.7 Å². The molecule has 0 aliphatic rings. The second-order valence-electron chi connectivity index (χ2n) is 6.71. The molecule has 0 aliphatic heterocycles. The fraction of sp³-hybridized carbons (Fsp3) is 0.0455. The van der Waals surface area contributed by atoms with Crippen molar-refractivity contribution in [3.8, 4) is 39.9 Å². The zero-order valence-corrected chi connectivity index (χ0v) is 17.4. The molecule has 0 unspecified atom stereocenters. The highest BCUT2D eigenvalue weighted by Crippen LogP contribution is 2.32. The lowest BCUT2D eigenvalue weighted by Gasteiger charge is -2.08. The van der Waals surface area contributed by atoms with Crippen LogP contribution in [0.25, 0.3) is 39.9 Å². The fourth-order valence-corrected chi connectivity index (χ4v) is 3.26. The van der Waals surface area contributed by atoms with Gasteiger partial charge < -0.3 is 10.3 Å². The number of pyridine rings is 1. The van der Waals surface area contributed by atoms with Gasteiger partial charge in [-0.3, -0.25) is 4.98 Å². The second kappa shape index (κ2) is 9.04. The van der Waals surface area contributed by atoms with Crippen molar-refractivity contribution in [1.29, 1.82) is 0 Å². The average Bonchev–Trinajstić information content (AvgIpc) is 3.47. The molecule has 0 saturated carbocycles. The van der Waals surface area contributed by atoms with Gasteiger partial charge in [-0.2, -0.15) is 4.98 Å². The molecule has 0 spiro atoms. The number of rotatable bonds is 5. The van der Waals surface area contributed by atoms with Crippen LogP contribution in [0.4, 0.5) is 4.39 Å². The highest BCUT2D eigenvalue weighted by Gasteiger charge is 2.24. The Morgan fingerprint density at radius 1 is 0.969 bits per heavy atom. The molecule has 2 N–H and O–H groups in total. The van der Waals surface area contributed by atoms with Crippen LogP contribution < -0.4 is 5.73 Å². The van der Waals surface area contributed by atoms with E-state index < -0.39 is 5.82 Å². The average molecular weight is 450 g/mol. The molecular weight excluding hydrogens is 433 g/mol. The maximum absolute atomic E-state index is 14.5. The molecule has 0 aliphatic carbocycles.